The molecule has 0 spiro atoms. The van der Waals surface area contributed by atoms with E-state index >= 15 is 0 Å². The summed E-state index contributed by atoms with van der Waals surface area (Å²) < 4.78 is 0.957. The van der Waals surface area contributed by atoms with Crippen LogP contribution in [0.4, 0.5) is 0 Å². The summed E-state index contributed by atoms with van der Waals surface area (Å²) in [5.41, 5.74) is 4.03. The van der Waals surface area contributed by atoms with E-state index < -0.39 is 0 Å². The number of nitrogens with zero attached hydrogens (tertiary/aromatic N) is 1. The van der Waals surface area contributed by atoms with Gasteiger partial charge in [-0.1, -0.05) is 6.08 Å². The number of aryl methyl sites for hydroxylation is 1. The van der Waals surface area contributed by atoms with E-state index in [0.717, 1.165) is 17.1 Å². The van der Waals surface area contributed by atoms with Crippen LogP contribution in [0.25, 0.3) is 5.57 Å². The molecule has 0 saturated carbocycles. The van der Waals surface area contributed by atoms with Gasteiger partial charge in [0.25, 0.3) is 0 Å². The lowest BCUT2D eigenvalue weighted by Gasteiger charge is -2.28. The second kappa shape index (κ2) is 4.54. The summed E-state index contributed by atoms with van der Waals surface area (Å²) in [4.78, 5) is 4.42. The number of piperidine rings is 1. The molecule has 0 radical (unpaired) electrons. The molecule has 0 aromatic carbocycles. The largest absolute Gasteiger partial charge is 0.316 e. The fourth-order valence-corrected chi connectivity index (χ4v) is 3.25. The van der Waals surface area contributed by atoms with Crippen molar-refractivity contribution in [1.29, 1.82) is 0 Å². The van der Waals surface area contributed by atoms with Crippen LogP contribution in [0.15, 0.2) is 22.9 Å². The van der Waals surface area contributed by atoms with E-state index in [1.54, 1.807) is 0 Å². The van der Waals surface area contributed by atoms with Crippen LogP contribution < -0.4 is 5.32 Å². The Balaban J connectivity index is 1.91. The highest BCUT2D eigenvalue weighted by Crippen LogP contribution is 2.41. The van der Waals surface area contributed by atoms with Gasteiger partial charge in [0.05, 0.1) is 0 Å². The van der Waals surface area contributed by atoms with Gasteiger partial charge in [0.15, 0.2) is 0 Å². The molecule has 0 bridgehead atoms. The van der Waals surface area contributed by atoms with Crippen molar-refractivity contribution in [3.8, 4) is 0 Å². The molecule has 2 aliphatic rings. The monoisotopic (exact) mass is 292 g/mol. The van der Waals surface area contributed by atoms with E-state index in [4.69, 9.17) is 0 Å². The minimum Gasteiger partial charge on any atom is -0.316 e. The van der Waals surface area contributed by atoms with Gasteiger partial charge < -0.3 is 5.32 Å². The minimum absolute atomic E-state index is 0.700. The summed E-state index contributed by atoms with van der Waals surface area (Å²) in [7, 11) is 0. The third-order valence-electron chi connectivity index (χ3n) is 4.01. The lowest BCUT2D eigenvalue weighted by molar-refractivity contribution is 0.328. The van der Waals surface area contributed by atoms with Crippen molar-refractivity contribution in [2.75, 3.05) is 13.1 Å². The molecule has 1 fully saturated rings. The van der Waals surface area contributed by atoms with Gasteiger partial charge in [0, 0.05) is 12.7 Å². The second-order valence-corrected chi connectivity index (χ2v) is 5.84. The number of allylic oxidation sites excluding steroid dienone is 1. The van der Waals surface area contributed by atoms with Gasteiger partial charge in [0.1, 0.15) is 4.60 Å². The van der Waals surface area contributed by atoms with Crippen molar-refractivity contribution in [3.05, 3.63) is 34.1 Å². The zero-order valence-electron chi connectivity index (χ0n) is 10.0. The number of hydrogen-bond acceptors (Lipinski definition) is 2. The number of halogens is 1. The van der Waals surface area contributed by atoms with Crippen molar-refractivity contribution in [2.24, 2.45) is 11.8 Å². The fraction of sp³-hybridized carbons (Fsp3) is 0.500. The molecule has 2 atom stereocenters. The third-order valence-corrected chi connectivity index (χ3v) is 4.84. The van der Waals surface area contributed by atoms with Gasteiger partial charge in [-0.2, -0.15) is 0 Å². The maximum Gasteiger partial charge on any atom is 0.109 e. The Morgan fingerprint density at radius 3 is 3.18 bits per heavy atom. The molecule has 2 unspecified atom stereocenters. The SMILES string of the molecule is Cc1cc(C2=CCC3CCNCC23)cnc1Br. The van der Waals surface area contributed by atoms with Gasteiger partial charge in [0.2, 0.25) is 0 Å². The number of nitrogens with one attached hydrogen (secondary N) is 1. The van der Waals surface area contributed by atoms with E-state index in [1.807, 2.05) is 6.20 Å². The molecule has 3 heteroatoms. The quantitative estimate of drug-likeness (QED) is 0.805. The first-order valence-corrected chi connectivity index (χ1v) is 7.08. The Hall–Kier alpha value is -0.670. The molecule has 1 saturated heterocycles. The minimum atomic E-state index is 0.700. The van der Waals surface area contributed by atoms with Crippen LogP contribution in [-0.4, -0.2) is 18.1 Å². The van der Waals surface area contributed by atoms with E-state index in [-0.39, 0.29) is 0 Å². The number of rotatable bonds is 1. The summed E-state index contributed by atoms with van der Waals surface area (Å²) in [6.07, 6.45) is 6.98. The molecular weight excluding hydrogens is 276 g/mol. The molecule has 90 valence electrons. The van der Waals surface area contributed by atoms with Crippen LogP contribution >= 0.6 is 15.9 Å². The normalized spacial score (nSPS) is 27.8. The smallest absolute Gasteiger partial charge is 0.109 e. The predicted molar refractivity (Wildman–Crippen MR) is 73.7 cm³/mol. The summed E-state index contributed by atoms with van der Waals surface area (Å²) in [6.45, 7) is 4.41. The summed E-state index contributed by atoms with van der Waals surface area (Å²) in [5.74, 6) is 1.56. The highest BCUT2D eigenvalue weighted by molar-refractivity contribution is 9.10. The van der Waals surface area contributed by atoms with Crippen molar-refractivity contribution >= 4 is 21.5 Å². The zero-order valence-corrected chi connectivity index (χ0v) is 11.6. The Morgan fingerprint density at radius 2 is 2.35 bits per heavy atom. The molecule has 1 aliphatic heterocycles. The molecule has 2 heterocycles. The standard InChI is InChI=1S/C14H17BrN2/c1-9-6-11(7-17-14(9)15)12-3-2-10-4-5-16-8-13(10)12/h3,6-7,10,13,16H,2,4-5,8H2,1H3. The average molecular weight is 293 g/mol. The van der Waals surface area contributed by atoms with Crippen LogP contribution in [0.1, 0.15) is 24.0 Å². The molecular formula is C14H17BrN2. The van der Waals surface area contributed by atoms with Crippen LogP contribution in [0, 0.1) is 18.8 Å². The van der Waals surface area contributed by atoms with Crippen LogP contribution in [0.3, 0.4) is 0 Å². The topological polar surface area (TPSA) is 24.9 Å². The highest BCUT2D eigenvalue weighted by atomic mass is 79.9. The van der Waals surface area contributed by atoms with Crippen molar-refractivity contribution in [1.82, 2.24) is 10.3 Å². The first-order chi connectivity index (χ1) is 8.25. The van der Waals surface area contributed by atoms with Gasteiger partial charge in [-0.05, 0) is 76.8 Å². The summed E-state index contributed by atoms with van der Waals surface area (Å²) >= 11 is 3.46. The molecule has 1 aliphatic carbocycles. The van der Waals surface area contributed by atoms with Gasteiger partial charge >= 0.3 is 0 Å². The van der Waals surface area contributed by atoms with Crippen molar-refractivity contribution in [2.45, 2.75) is 19.8 Å². The van der Waals surface area contributed by atoms with E-state index in [0.29, 0.717) is 5.92 Å². The van der Waals surface area contributed by atoms with Crippen LogP contribution in [-0.2, 0) is 0 Å². The molecule has 1 aromatic rings. The van der Waals surface area contributed by atoms with Crippen LogP contribution in [0.2, 0.25) is 0 Å². The molecule has 1 aromatic heterocycles. The molecule has 1 N–H and O–H groups in total. The van der Waals surface area contributed by atoms with Crippen molar-refractivity contribution in [3.63, 3.8) is 0 Å². The highest BCUT2D eigenvalue weighted by Gasteiger charge is 2.32. The first kappa shape index (κ1) is 11.4. The molecule has 17 heavy (non-hydrogen) atoms. The summed E-state index contributed by atoms with van der Waals surface area (Å²) in [6, 6.07) is 2.25. The Labute approximate surface area is 111 Å². The van der Waals surface area contributed by atoms with E-state index in [2.05, 4.69) is 45.3 Å². The number of fused-ring (bicyclic) bond motifs is 1. The lowest BCUT2D eigenvalue weighted by atomic mass is 9.84. The maximum atomic E-state index is 4.42. The first-order valence-electron chi connectivity index (χ1n) is 6.29. The Bertz CT molecular complexity index is 467. The predicted octanol–water partition coefficient (Wildman–Crippen LogP) is 3.17. The Morgan fingerprint density at radius 1 is 1.47 bits per heavy atom. The van der Waals surface area contributed by atoms with Crippen LogP contribution in [0.5, 0.6) is 0 Å². The lowest BCUT2D eigenvalue weighted by Crippen LogP contribution is -2.34. The maximum absolute atomic E-state index is 4.42. The van der Waals surface area contributed by atoms with Crippen molar-refractivity contribution < 1.29 is 0 Å². The van der Waals surface area contributed by atoms with Gasteiger partial charge in [-0.25, -0.2) is 4.98 Å². The molecule has 0 amide bonds. The Kier molecular flexibility index (Phi) is 3.05. The number of pyridine rings is 1. The third kappa shape index (κ3) is 2.06. The number of aromatic nitrogens is 1. The second-order valence-electron chi connectivity index (χ2n) is 5.09. The van der Waals surface area contributed by atoms with E-state index in [9.17, 15) is 0 Å². The average Bonchev–Trinajstić information content (AvgIpc) is 2.76. The van der Waals surface area contributed by atoms with Gasteiger partial charge in [-0.15, -0.1) is 0 Å². The summed E-state index contributed by atoms with van der Waals surface area (Å²) in [5, 5.41) is 3.51. The van der Waals surface area contributed by atoms with E-state index in [1.165, 1.54) is 36.1 Å². The fourth-order valence-electron chi connectivity index (χ4n) is 3.04. The van der Waals surface area contributed by atoms with Gasteiger partial charge in [-0.3, -0.25) is 0 Å². The molecule has 3 rings (SSSR count). The molecule has 2 nitrogen and oxygen atoms in total. The zero-order chi connectivity index (χ0) is 11.8. The number of hydrogen-bond donors (Lipinski definition) is 1.